The molecule has 0 spiro atoms. The first-order chi connectivity index (χ1) is 13.7. The lowest BCUT2D eigenvalue weighted by Crippen LogP contribution is -2.41. The van der Waals surface area contributed by atoms with Gasteiger partial charge in [-0.25, -0.2) is 8.42 Å². The van der Waals surface area contributed by atoms with E-state index in [-0.39, 0.29) is 18.5 Å². The highest BCUT2D eigenvalue weighted by Gasteiger charge is 2.24. The molecular weight excluding hydrogens is 408 g/mol. The molecule has 0 aliphatic heterocycles. The summed E-state index contributed by atoms with van der Waals surface area (Å²) in [5, 5.41) is 3.39. The molecule has 0 fully saturated rings. The topological polar surface area (TPSA) is 66.5 Å². The van der Waals surface area contributed by atoms with E-state index in [1.165, 1.54) is 24.0 Å². The Bertz CT molecular complexity index is 1020. The number of hydrogen-bond acceptors (Lipinski definition) is 3. The predicted octanol–water partition coefficient (Wildman–Crippen LogP) is 4.17. The van der Waals surface area contributed by atoms with E-state index in [2.05, 4.69) is 17.4 Å². The Morgan fingerprint density at radius 2 is 1.86 bits per heavy atom. The average Bonchev–Trinajstić information content (AvgIpc) is 2.67. The van der Waals surface area contributed by atoms with Crippen molar-refractivity contribution in [3.63, 3.8) is 0 Å². The third kappa shape index (κ3) is 5.11. The zero-order chi connectivity index (χ0) is 21.2. The molecule has 2 aromatic carbocycles. The van der Waals surface area contributed by atoms with Gasteiger partial charge in [-0.3, -0.25) is 9.10 Å². The molecule has 156 valence electrons. The van der Waals surface area contributed by atoms with Gasteiger partial charge in [0.05, 0.1) is 18.0 Å². The van der Waals surface area contributed by atoms with Crippen LogP contribution in [0.3, 0.4) is 0 Å². The van der Waals surface area contributed by atoms with Crippen LogP contribution >= 0.6 is 11.6 Å². The van der Waals surface area contributed by atoms with Crippen molar-refractivity contribution in [1.29, 1.82) is 0 Å². The lowest BCUT2D eigenvalue weighted by molar-refractivity contribution is -0.120. The molecule has 0 heterocycles. The molecule has 0 unspecified atom stereocenters. The Labute approximate surface area is 178 Å². The molecule has 5 nitrogen and oxygen atoms in total. The highest BCUT2D eigenvalue weighted by Crippen LogP contribution is 2.28. The van der Waals surface area contributed by atoms with Crippen molar-refractivity contribution >= 4 is 33.2 Å². The number of hydrogen-bond donors (Lipinski definition) is 1. The number of rotatable bonds is 6. The molecule has 2 aromatic rings. The second kappa shape index (κ2) is 8.76. The number of anilines is 1. The third-order valence-electron chi connectivity index (χ3n) is 5.45. The van der Waals surface area contributed by atoms with Crippen molar-refractivity contribution in [2.24, 2.45) is 0 Å². The summed E-state index contributed by atoms with van der Waals surface area (Å²) in [4.78, 5) is 12.7. The summed E-state index contributed by atoms with van der Waals surface area (Å²) in [7, 11) is -3.65. The Balaban J connectivity index is 1.76. The summed E-state index contributed by atoms with van der Waals surface area (Å²) in [6.45, 7) is 3.36. The Hall–Kier alpha value is -2.05. The third-order valence-corrected chi connectivity index (χ3v) is 6.98. The van der Waals surface area contributed by atoms with Crippen LogP contribution in [0, 0.1) is 6.92 Å². The van der Waals surface area contributed by atoms with Gasteiger partial charge in [0.1, 0.15) is 6.54 Å². The summed E-state index contributed by atoms with van der Waals surface area (Å²) in [5.74, 6) is -0.361. The highest BCUT2D eigenvalue weighted by molar-refractivity contribution is 7.92. The Morgan fingerprint density at radius 3 is 2.55 bits per heavy atom. The lowest BCUT2D eigenvalue weighted by atomic mass is 9.89. The quantitative estimate of drug-likeness (QED) is 0.741. The largest absolute Gasteiger partial charge is 0.348 e. The van der Waals surface area contributed by atoms with Gasteiger partial charge in [-0.2, -0.15) is 0 Å². The van der Waals surface area contributed by atoms with E-state index in [1.807, 2.05) is 13.0 Å². The number of halogens is 1. The van der Waals surface area contributed by atoms with E-state index < -0.39 is 10.0 Å². The fourth-order valence-electron chi connectivity index (χ4n) is 3.77. The van der Waals surface area contributed by atoms with Gasteiger partial charge in [0, 0.05) is 5.02 Å². The SMILES string of the molecule is Cc1c(Cl)cccc1N(CC(=O)N[C@@H](C)c1ccc2c(c1)CCCC2)S(C)(=O)=O. The Kier molecular flexibility index (Phi) is 6.54. The van der Waals surface area contributed by atoms with Gasteiger partial charge in [0.25, 0.3) is 0 Å². The smallest absolute Gasteiger partial charge is 0.241 e. The number of aryl methyl sites for hydroxylation is 2. The molecule has 0 saturated carbocycles. The first-order valence-electron chi connectivity index (χ1n) is 9.80. The lowest BCUT2D eigenvalue weighted by Gasteiger charge is -2.25. The van der Waals surface area contributed by atoms with E-state index >= 15 is 0 Å². The van der Waals surface area contributed by atoms with Crippen LogP contribution in [0.2, 0.25) is 5.02 Å². The highest BCUT2D eigenvalue weighted by atomic mass is 35.5. The molecular formula is C22H27ClN2O3S. The van der Waals surface area contributed by atoms with Crippen LogP contribution in [0.1, 0.15) is 48.1 Å². The number of amides is 1. The Morgan fingerprint density at radius 1 is 1.17 bits per heavy atom. The van der Waals surface area contributed by atoms with Gasteiger partial charge in [-0.1, -0.05) is 35.9 Å². The molecule has 29 heavy (non-hydrogen) atoms. The van der Waals surface area contributed by atoms with E-state index in [9.17, 15) is 13.2 Å². The summed E-state index contributed by atoms with van der Waals surface area (Å²) < 4.78 is 25.8. The van der Waals surface area contributed by atoms with Gasteiger partial charge >= 0.3 is 0 Å². The number of nitrogens with zero attached hydrogens (tertiary/aromatic N) is 1. The molecule has 0 saturated heterocycles. The monoisotopic (exact) mass is 434 g/mol. The second-order valence-electron chi connectivity index (χ2n) is 7.68. The molecule has 1 N–H and O–H groups in total. The number of benzene rings is 2. The molecule has 7 heteroatoms. The number of sulfonamides is 1. The summed E-state index contributed by atoms with van der Waals surface area (Å²) in [5.41, 5.74) is 4.80. The average molecular weight is 435 g/mol. The maximum absolute atomic E-state index is 12.7. The van der Waals surface area contributed by atoms with Crippen LogP contribution in [0.15, 0.2) is 36.4 Å². The summed E-state index contributed by atoms with van der Waals surface area (Å²) >= 11 is 6.14. The minimum atomic E-state index is -3.65. The fraction of sp³-hybridized carbons (Fsp3) is 0.409. The fourth-order valence-corrected chi connectivity index (χ4v) is 4.85. The van der Waals surface area contributed by atoms with E-state index in [4.69, 9.17) is 11.6 Å². The van der Waals surface area contributed by atoms with Gasteiger partial charge in [-0.15, -0.1) is 0 Å². The second-order valence-corrected chi connectivity index (χ2v) is 9.99. The molecule has 3 rings (SSSR count). The van der Waals surface area contributed by atoms with E-state index in [0.29, 0.717) is 16.3 Å². The first kappa shape index (κ1) is 21.7. The van der Waals surface area contributed by atoms with Crippen LogP contribution in [0.4, 0.5) is 5.69 Å². The molecule has 0 bridgehead atoms. The van der Waals surface area contributed by atoms with Gasteiger partial charge in [-0.05, 0) is 73.9 Å². The van der Waals surface area contributed by atoms with Crippen LogP contribution in [0.25, 0.3) is 0 Å². The van der Waals surface area contributed by atoms with Crippen molar-refractivity contribution in [3.05, 3.63) is 63.7 Å². The molecule has 0 radical (unpaired) electrons. The molecule has 1 atom stereocenters. The van der Waals surface area contributed by atoms with Crippen molar-refractivity contribution < 1.29 is 13.2 Å². The van der Waals surface area contributed by atoms with Crippen LogP contribution < -0.4 is 9.62 Å². The minimum Gasteiger partial charge on any atom is -0.348 e. The van der Waals surface area contributed by atoms with Crippen molar-refractivity contribution in [2.75, 3.05) is 17.1 Å². The van der Waals surface area contributed by atoms with E-state index in [0.717, 1.165) is 29.0 Å². The van der Waals surface area contributed by atoms with Crippen molar-refractivity contribution in [2.45, 2.75) is 45.6 Å². The van der Waals surface area contributed by atoms with E-state index in [1.54, 1.807) is 25.1 Å². The maximum Gasteiger partial charge on any atom is 0.241 e. The summed E-state index contributed by atoms with van der Waals surface area (Å²) in [6.07, 6.45) is 5.69. The summed E-state index contributed by atoms with van der Waals surface area (Å²) in [6, 6.07) is 11.2. The number of carbonyl (C=O) groups is 1. The molecule has 1 aliphatic rings. The van der Waals surface area contributed by atoms with Gasteiger partial charge in [0.2, 0.25) is 15.9 Å². The minimum absolute atomic E-state index is 0.211. The number of nitrogens with one attached hydrogen (secondary N) is 1. The molecule has 1 amide bonds. The van der Waals surface area contributed by atoms with Crippen molar-refractivity contribution in [3.8, 4) is 0 Å². The van der Waals surface area contributed by atoms with Crippen LogP contribution in [-0.4, -0.2) is 27.1 Å². The van der Waals surface area contributed by atoms with Crippen molar-refractivity contribution in [1.82, 2.24) is 5.32 Å². The molecule has 0 aromatic heterocycles. The van der Waals surface area contributed by atoms with Gasteiger partial charge in [0.15, 0.2) is 0 Å². The normalized spacial score (nSPS) is 14.8. The zero-order valence-electron chi connectivity index (χ0n) is 17.0. The van der Waals surface area contributed by atoms with Gasteiger partial charge < -0.3 is 5.32 Å². The van der Waals surface area contributed by atoms with Crippen LogP contribution in [-0.2, 0) is 27.7 Å². The van der Waals surface area contributed by atoms with Crippen LogP contribution in [0.5, 0.6) is 0 Å². The zero-order valence-corrected chi connectivity index (χ0v) is 18.6. The predicted molar refractivity (Wildman–Crippen MR) is 118 cm³/mol. The molecule has 1 aliphatic carbocycles. The first-order valence-corrected chi connectivity index (χ1v) is 12.0. The number of carbonyl (C=O) groups excluding carboxylic acids is 1. The standard InChI is InChI=1S/C22H27ClN2O3S/c1-15-20(23)9-6-10-21(15)25(29(3,27)28)14-22(26)24-16(2)18-12-11-17-7-4-5-8-19(17)13-18/h6,9-13,16H,4-5,7-8,14H2,1-3H3,(H,24,26)/t16-/m0/s1. The maximum atomic E-state index is 12.7. The number of fused-ring (bicyclic) bond motifs is 1.